The van der Waals surface area contributed by atoms with Crippen LogP contribution in [0.25, 0.3) is 24.3 Å². The molecule has 0 spiro atoms. The Bertz CT molecular complexity index is 1980. The molecular formula is C38H26N4O. The molecule has 43 heavy (non-hydrogen) atoms. The molecule has 2 aliphatic rings. The van der Waals surface area contributed by atoms with E-state index < -0.39 is 0 Å². The Balaban J connectivity index is 1.20. The SMILES string of the molecule is C1=Cc2ccc(Oc3cccc(N4c5ccccc5C=Cc5cccnc54)c3)cc2N(c2ccccn2)c2ccccc21. The van der Waals surface area contributed by atoms with Gasteiger partial charge in [-0.05, 0) is 77.4 Å². The number of ether oxygens (including phenoxy) is 1. The summed E-state index contributed by atoms with van der Waals surface area (Å²) in [4.78, 5) is 13.9. The molecule has 0 saturated carbocycles. The van der Waals surface area contributed by atoms with Crippen LogP contribution in [0, 0.1) is 0 Å². The first-order chi connectivity index (χ1) is 21.3. The highest BCUT2D eigenvalue weighted by atomic mass is 16.5. The molecule has 0 amide bonds. The molecule has 0 unspecified atom stereocenters. The average Bonchev–Trinajstić information content (AvgIpc) is 3.33. The van der Waals surface area contributed by atoms with Gasteiger partial charge in [-0.15, -0.1) is 0 Å². The highest BCUT2D eigenvalue weighted by Gasteiger charge is 2.23. The highest BCUT2D eigenvalue weighted by molar-refractivity contribution is 5.94. The van der Waals surface area contributed by atoms with Crippen molar-refractivity contribution < 1.29 is 4.74 Å². The van der Waals surface area contributed by atoms with E-state index in [9.17, 15) is 0 Å². The monoisotopic (exact) mass is 554 g/mol. The molecule has 5 heteroatoms. The molecule has 0 aliphatic carbocycles. The number of pyridine rings is 2. The van der Waals surface area contributed by atoms with Crippen LogP contribution in [-0.2, 0) is 0 Å². The fraction of sp³-hybridized carbons (Fsp3) is 0. The van der Waals surface area contributed by atoms with E-state index in [1.807, 2.05) is 54.9 Å². The zero-order chi connectivity index (χ0) is 28.6. The van der Waals surface area contributed by atoms with Gasteiger partial charge in [0.1, 0.15) is 23.1 Å². The Morgan fingerprint density at radius 1 is 0.442 bits per heavy atom. The minimum Gasteiger partial charge on any atom is -0.457 e. The van der Waals surface area contributed by atoms with Gasteiger partial charge in [0.25, 0.3) is 0 Å². The molecule has 4 aromatic carbocycles. The van der Waals surface area contributed by atoms with Gasteiger partial charge in [-0.25, -0.2) is 9.97 Å². The Morgan fingerprint density at radius 3 is 1.88 bits per heavy atom. The zero-order valence-electron chi connectivity index (χ0n) is 23.2. The molecule has 6 aromatic rings. The van der Waals surface area contributed by atoms with Crippen molar-refractivity contribution in [3.8, 4) is 11.5 Å². The molecule has 8 rings (SSSR count). The Hall–Kier alpha value is -5.94. The third-order valence-electron chi connectivity index (χ3n) is 7.70. The Labute approximate surface area is 250 Å². The molecule has 0 bridgehead atoms. The fourth-order valence-corrected chi connectivity index (χ4v) is 5.73. The van der Waals surface area contributed by atoms with Gasteiger partial charge in [0.05, 0.1) is 22.7 Å². The van der Waals surface area contributed by atoms with Crippen molar-refractivity contribution in [2.24, 2.45) is 0 Å². The van der Waals surface area contributed by atoms with Crippen LogP contribution in [0.3, 0.4) is 0 Å². The summed E-state index contributed by atoms with van der Waals surface area (Å²) in [5, 5.41) is 0. The smallest absolute Gasteiger partial charge is 0.144 e. The van der Waals surface area contributed by atoms with Gasteiger partial charge < -0.3 is 4.74 Å². The topological polar surface area (TPSA) is 41.5 Å². The van der Waals surface area contributed by atoms with E-state index in [0.29, 0.717) is 0 Å². The molecule has 204 valence electrons. The first-order valence-corrected chi connectivity index (χ1v) is 14.2. The number of para-hydroxylation sites is 2. The van der Waals surface area contributed by atoms with Crippen LogP contribution < -0.4 is 14.5 Å². The molecule has 2 aromatic heterocycles. The number of hydrogen-bond acceptors (Lipinski definition) is 5. The van der Waals surface area contributed by atoms with E-state index >= 15 is 0 Å². The second-order valence-electron chi connectivity index (χ2n) is 10.4. The average molecular weight is 555 g/mol. The summed E-state index contributed by atoms with van der Waals surface area (Å²) < 4.78 is 6.56. The molecule has 0 saturated heterocycles. The summed E-state index contributed by atoms with van der Waals surface area (Å²) in [6.45, 7) is 0. The van der Waals surface area contributed by atoms with Crippen LogP contribution in [0.5, 0.6) is 11.5 Å². The Kier molecular flexibility index (Phi) is 6.05. The van der Waals surface area contributed by atoms with E-state index in [-0.39, 0.29) is 0 Å². The van der Waals surface area contributed by atoms with Gasteiger partial charge in [-0.1, -0.05) is 72.8 Å². The van der Waals surface area contributed by atoms with Gasteiger partial charge in [0.15, 0.2) is 0 Å². The van der Waals surface area contributed by atoms with Gasteiger partial charge >= 0.3 is 0 Å². The molecule has 5 nitrogen and oxygen atoms in total. The van der Waals surface area contributed by atoms with Gasteiger partial charge in [-0.3, -0.25) is 9.80 Å². The number of rotatable bonds is 4. The third-order valence-corrected chi connectivity index (χ3v) is 7.70. The minimum absolute atomic E-state index is 0.735. The van der Waals surface area contributed by atoms with Crippen LogP contribution in [0.1, 0.15) is 22.3 Å². The second kappa shape index (κ2) is 10.5. The van der Waals surface area contributed by atoms with Crippen molar-refractivity contribution in [2.75, 3.05) is 9.80 Å². The summed E-state index contributed by atoms with van der Waals surface area (Å²) in [6.07, 6.45) is 12.2. The van der Waals surface area contributed by atoms with Crippen LogP contribution >= 0.6 is 0 Å². The summed E-state index contributed by atoms with van der Waals surface area (Å²) in [7, 11) is 0. The van der Waals surface area contributed by atoms with E-state index in [4.69, 9.17) is 14.7 Å². The van der Waals surface area contributed by atoms with Crippen molar-refractivity contribution in [2.45, 2.75) is 0 Å². The van der Waals surface area contributed by atoms with Crippen molar-refractivity contribution in [3.05, 3.63) is 156 Å². The number of benzene rings is 4. The number of fused-ring (bicyclic) bond motifs is 4. The lowest BCUT2D eigenvalue weighted by molar-refractivity contribution is 0.483. The molecule has 0 N–H and O–H groups in total. The van der Waals surface area contributed by atoms with Gasteiger partial charge in [-0.2, -0.15) is 0 Å². The molecular weight excluding hydrogens is 528 g/mol. The lowest BCUT2D eigenvalue weighted by Gasteiger charge is -2.27. The van der Waals surface area contributed by atoms with E-state index in [1.54, 1.807) is 0 Å². The number of hydrogen-bond donors (Lipinski definition) is 0. The van der Waals surface area contributed by atoms with Crippen LogP contribution in [-0.4, -0.2) is 9.97 Å². The lowest BCUT2D eigenvalue weighted by Crippen LogP contribution is -2.13. The normalized spacial score (nSPS) is 12.8. The summed E-state index contributed by atoms with van der Waals surface area (Å²) >= 11 is 0. The quantitative estimate of drug-likeness (QED) is 0.216. The predicted octanol–water partition coefficient (Wildman–Crippen LogP) is 10.2. The van der Waals surface area contributed by atoms with Crippen molar-refractivity contribution in [1.82, 2.24) is 9.97 Å². The van der Waals surface area contributed by atoms with E-state index in [1.165, 1.54) is 0 Å². The third kappa shape index (κ3) is 4.53. The summed E-state index contributed by atoms with van der Waals surface area (Å²) in [5.74, 6) is 3.20. The van der Waals surface area contributed by atoms with E-state index in [2.05, 4.69) is 113 Å². The predicted molar refractivity (Wildman–Crippen MR) is 176 cm³/mol. The van der Waals surface area contributed by atoms with E-state index in [0.717, 1.165) is 68.1 Å². The molecule has 0 radical (unpaired) electrons. The van der Waals surface area contributed by atoms with Gasteiger partial charge in [0, 0.05) is 30.1 Å². The number of anilines is 6. The van der Waals surface area contributed by atoms with Crippen molar-refractivity contribution >= 4 is 58.7 Å². The summed E-state index contributed by atoms with van der Waals surface area (Å²) in [6, 6.07) is 41.2. The standard InChI is InChI=1S/C38H26N4O/c1-3-14-34-27(9-1)19-20-30-11-8-24-40-38(30)41(34)31-12-7-13-32(25-31)43-33-22-21-29-18-17-28-10-2-4-15-35(28)42(36(29)26-33)37-16-5-6-23-39-37/h1-26H. The number of aromatic nitrogens is 2. The highest BCUT2D eigenvalue weighted by Crippen LogP contribution is 2.44. The van der Waals surface area contributed by atoms with Crippen molar-refractivity contribution in [1.29, 1.82) is 0 Å². The first kappa shape index (κ1) is 24.8. The maximum Gasteiger partial charge on any atom is 0.144 e. The maximum atomic E-state index is 6.56. The zero-order valence-corrected chi connectivity index (χ0v) is 23.2. The first-order valence-electron chi connectivity index (χ1n) is 14.2. The molecule has 4 heterocycles. The maximum absolute atomic E-state index is 6.56. The van der Waals surface area contributed by atoms with Gasteiger partial charge in [0.2, 0.25) is 0 Å². The largest absolute Gasteiger partial charge is 0.457 e. The molecule has 0 fully saturated rings. The summed E-state index contributed by atoms with van der Waals surface area (Å²) in [5.41, 5.74) is 8.48. The van der Waals surface area contributed by atoms with Crippen LogP contribution in [0.2, 0.25) is 0 Å². The molecule has 2 aliphatic heterocycles. The number of nitrogens with zero attached hydrogens (tertiary/aromatic N) is 4. The van der Waals surface area contributed by atoms with Crippen LogP contribution in [0.15, 0.2) is 134 Å². The van der Waals surface area contributed by atoms with Crippen molar-refractivity contribution in [3.63, 3.8) is 0 Å². The second-order valence-corrected chi connectivity index (χ2v) is 10.4. The molecule has 0 atom stereocenters. The van der Waals surface area contributed by atoms with Crippen LogP contribution in [0.4, 0.5) is 34.4 Å². The lowest BCUT2D eigenvalue weighted by atomic mass is 10.1. The Morgan fingerprint density at radius 2 is 1.09 bits per heavy atom. The fourth-order valence-electron chi connectivity index (χ4n) is 5.73. The minimum atomic E-state index is 0.735.